The molecule has 3 rings (SSSR count). The first kappa shape index (κ1) is 19.7. The van der Waals surface area contributed by atoms with Crippen LogP contribution in [-0.4, -0.2) is 24.7 Å². The molecule has 0 atom stereocenters. The second-order valence-electron chi connectivity index (χ2n) is 6.18. The molecular weight excluding hydrogens is 403 g/mol. The van der Waals surface area contributed by atoms with Crippen LogP contribution in [0.15, 0.2) is 30.5 Å². The number of benzene rings is 1. The molecule has 0 fully saturated rings. The van der Waals surface area contributed by atoms with Gasteiger partial charge in [0.1, 0.15) is 0 Å². The van der Waals surface area contributed by atoms with E-state index in [2.05, 4.69) is 20.8 Å². The molecule has 0 saturated heterocycles. The van der Waals surface area contributed by atoms with Crippen molar-refractivity contribution in [2.45, 2.75) is 26.9 Å². The molecule has 0 spiro atoms. The Labute approximate surface area is 173 Å². The molecule has 142 valence electrons. The third kappa shape index (κ3) is 4.61. The van der Waals surface area contributed by atoms with E-state index >= 15 is 0 Å². The maximum absolute atomic E-state index is 6.22. The van der Waals surface area contributed by atoms with Crippen LogP contribution in [0, 0.1) is 13.8 Å². The van der Waals surface area contributed by atoms with Gasteiger partial charge >= 0.3 is 0 Å². The highest BCUT2D eigenvalue weighted by atomic mass is 35.5. The van der Waals surface area contributed by atoms with Gasteiger partial charge in [-0.25, -0.2) is 0 Å². The second kappa shape index (κ2) is 8.29. The lowest BCUT2D eigenvalue weighted by atomic mass is 10.2. The van der Waals surface area contributed by atoms with Gasteiger partial charge in [0, 0.05) is 52.7 Å². The van der Waals surface area contributed by atoms with Crippen molar-refractivity contribution in [3.63, 3.8) is 0 Å². The Hall–Kier alpha value is -2.09. The third-order valence-electron chi connectivity index (χ3n) is 4.35. The summed E-state index contributed by atoms with van der Waals surface area (Å²) in [5.41, 5.74) is 4.08. The standard InChI is InChI=1S/C18H20Cl2N6S/c1-11-13(12(2)25(3)23-11)9-21-18(27)22-17-7-8-26(24-17)10-14-15(19)5-4-6-16(14)20/h4-8H,9-10H2,1-3H3,(H2,21,22,24,27). The van der Waals surface area contributed by atoms with Crippen molar-refractivity contribution in [2.75, 3.05) is 5.32 Å². The minimum absolute atomic E-state index is 0.481. The Kier molecular flexibility index (Phi) is 6.04. The first-order valence-electron chi connectivity index (χ1n) is 8.35. The lowest BCUT2D eigenvalue weighted by molar-refractivity contribution is 0.690. The quantitative estimate of drug-likeness (QED) is 0.606. The van der Waals surface area contributed by atoms with Crippen molar-refractivity contribution < 1.29 is 0 Å². The normalized spacial score (nSPS) is 10.9. The molecule has 0 saturated carbocycles. The van der Waals surface area contributed by atoms with Crippen LogP contribution in [0.5, 0.6) is 0 Å². The fourth-order valence-electron chi connectivity index (χ4n) is 2.76. The van der Waals surface area contributed by atoms with Gasteiger partial charge in [0.25, 0.3) is 0 Å². The summed E-state index contributed by atoms with van der Waals surface area (Å²) in [4.78, 5) is 0. The van der Waals surface area contributed by atoms with Crippen molar-refractivity contribution in [3.8, 4) is 0 Å². The third-order valence-corrected chi connectivity index (χ3v) is 5.30. The highest BCUT2D eigenvalue weighted by molar-refractivity contribution is 7.80. The van der Waals surface area contributed by atoms with Gasteiger partial charge in [-0.3, -0.25) is 9.36 Å². The van der Waals surface area contributed by atoms with E-state index in [9.17, 15) is 0 Å². The molecule has 0 aliphatic heterocycles. The molecule has 9 heteroatoms. The largest absolute Gasteiger partial charge is 0.358 e. The maximum Gasteiger partial charge on any atom is 0.172 e. The second-order valence-corrected chi connectivity index (χ2v) is 7.40. The van der Waals surface area contributed by atoms with E-state index in [-0.39, 0.29) is 0 Å². The number of nitrogens with zero attached hydrogens (tertiary/aromatic N) is 4. The van der Waals surface area contributed by atoms with Gasteiger partial charge in [-0.05, 0) is 38.2 Å². The van der Waals surface area contributed by atoms with E-state index in [1.807, 2.05) is 56.0 Å². The Morgan fingerprint density at radius 1 is 1.11 bits per heavy atom. The molecule has 0 amide bonds. The molecule has 0 aliphatic rings. The first-order chi connectivity index (χ1) is 12.8. The van der Waals surface area contributed by atoms with Gasteiger partial charge in [-0.15, -0.1) is 0 Å². The molecule has 6 nitrogen and oxygen atoms in total. The molecule has 2 aromatic heterocycles. The molecule has 2 heterocycles. The molecule has 27 heavy (non-hydrogen) atoms. The summed E-state index contributed by atoms with van der Waals surface area (Å²) in [6.45, 7) is 5.11. The smallest absolute Gasteiger partial charge is 0.172 e. The van der Waals surface area contributed by atoms with Crippen molar-refractivity contribution >= 4 is 46.4 Å². The Balaban J connectivity index is 1.59. The fourth-order valence-corrected chi connectivity index (χ4v) is 3.46. The Morgan fingerprint density at radius 3 is 2.44 bits per heavy atom. The molecule has 2 N–H and O–H groups in total. The number of hydrogen-bond donors (Lipinski definition) is 2. The minimum atomic E-state index is 0.481. The van der Waals surface area contributed by atoms with Gasteiger partial charge in [0.2, 0.25) is 0 Å². The number of aryl methyl sites for hydroxylation is 2. The topological polar surface area (TPSA) is 59.7 Å². The Bertz CT molecular complexity index is 958. The summed E-state index contributed by atoms with van der Waals surface area (Å²) in [5.74, 6) is 0.648. The molecular formula is C18H20Cl2N6S. The van der Waals surface area contributed by atoms with E-state index < -0.39 is 0 Å². The lowest BCUT2D eigenvalue weighted by Gasteiger charge is -2.09. The van der Waals surface area contributed by atoms with Gasteiger partial charge < -0.3 is 10.6 Å². The molecule has 3 aromatic rings. The first-order valence-corrected chi connectivity index (χ1v) is 9.52. The van der Waals surface area contributed by atoms with Gasteiger partial charge in [0.05, 0.1) is 12.2 Å². The zero-order chi connectivity index (χ0) is 19.6. The van der Waals surface area contributed by atoms with Crippen LogP contribution in [0.25, 0.3) is 0 Å². The zero-order valence-corrected chi connectivity index (χ0v) is 17.6. The molecule has 1 aromatic carbocycles. The maximum atomic E-state index is 6.22. The van der Waals surface area contributed by atoms with Crippen molar-refractivity contribution in [1.29, 1.82) is 0 Å². The number of thiocarbonyl (C=S) groups is 1. The minimum Gasteiger partial charge on any atom is -0.358 e. The fraction of sp³-hybridized carbons (Fsp3) is 0.278. The van der Waals surface area contributed by atoms with Crippen LogP contribution >= 0.6 is 35.4 Å². The monoisotopic (exact) mass is 422 g/mol. The number of nitrogens with one attached hydrogen (secondary N) is 2. The number of anilines is 1. The van der Waals surface area contributed by atoms with E-state index in [1.54, 1.807) is 4.68 Å². The summed E-state index contributed by atoms with van der Waals surface area (Å²) in [7, 11) is 1.93. The van der Waals surface area contributed by atoms with Crippen LogP contribution in [-0.2, 0) is 20.1 Å². The van der Waals surface area contributed by atoms with Gasteiger partial charge in [-0.1, -0.05) is 29.3 Å². The van der Waals surface area contributed by atoms with Crippen LogP contribution in [0.2, 0.25) is 10.0 Å². The van der Waals surface area contributed by atoms with E-state index in [0.29, 0.717) is 34.1 Å². The molecule has 0 unspecified atom stereocenters. The SMILES string of the molecule is Cc1nn(C)c(C)c1CNC(=S)Nc1ccn(Cc2c(Cl)cccc2Cl)n1. The van der Waals surface area contributed by atoms with Crippen LogP contribution in [0.1, 0.15) is 22.5 Å². The summed E-state index contributed by atoms with van der Waals surface area (Å²) in [5, 5.41) is 16.9. The average molecular weight is 423 g/mol. The number of halogens is 2. The lowest BCUT2D eigenvalue weighted by Crippen LogP contribution is -2.28. The summed E-state index contributed by atoms with van der Waals surface area (Å²) in [6.07, 6.45) is 1.85. The van der Waals surface area contributed by atoms with E-state index in [1.165, 1.54) is 0 Å². The number of aromatic nitrogens is 4. The van der Waals surface area contributed by atoms with Crippen LogP contribution < -0.4 is 10.6 Å². The van der Waals surface area contributed by atoms with E-state index in [0.717, 1.165) is 22.5 Å². The predicted molar refractivity (Wildman–Crippen MR) is 114 cm³/mol. The highest BCUT2D eigenvalue weighted by Crippen LogP contribution is 2.25. The summed E-state index contributed by atoms with van der Waals surface area (Å²) >= 11 is 17.8. The molecule has 0 bridgehead atoms. The predicted octanol–water partition coefficient (Wildman–Crippen LogP) is 4.08. The summed E-state index contributed by atoms with van der Waals surface area (Å²) < 4.78 is 3.62. The van der Waals surface area contributed by atoms with Crippen LogP contribution in [0.4, 0.5) is 5.82 Å². The number of rotatable bonds is 5. The van der Waals surface area contributed by atoms with Gasteiger partial charge in [0.15, 0.2) is 10.9 Å². The highest BCUT2D eigenvalue weighted by Gasteiger charge is 2.11. The Morgan fingerprint density at radius 2 is 1.81 bits per heavy atom. The van der Waals surface area contributed by atoms with E-state index in [4.69, 9.17) is 35.4 Å². The van der Waals surface area contributed by atoms with Crippen molar-refractivity contribution in [3.05, 3.63) is 63.0 Å². The van der Waals surface area contributed by atoms with Crippen molar-refractivity contribution in [1.82, 2.24) is 24.9 Å². The number of hydrogen-bond acceptors (Lipinski definition) is 3. The van der Waals surface area contributed by atoms with Crippen molar-refractivity contribution in [2.24, 2.45) is 7.05 Å². The van der Waals surface area contributed by atoms with Crippen LogP contribution in [0.3, 0.4) is 0 Å². The average Bonchev–Trinajstić information content (AvgIpc) is 3.14. The zero-order valence-electron chi connectivity index (χ0n) is 15.3. The summed E-state index contributed by atoms with van der Waals surface area (Å²) in [6, 6.07) is 7.29. The molecule has 0 aliphatic carbocycles. The molecule has 0 radical (unpaired) electrons. The van der Waals surface area contributed by atoms with Gasteiger partial charge in [-0.2, -0.15) is 10.2 Å².